The molecule has 1 fully saturated rings. The van der Waals surface area contributed by atoms with E-state index in [9.17, 15) is 35.1 Å². The zero-order valence-electron chi connectivity index (χ0n) is 52.3. The largest absolute Gasteiger partial charge is 0.454 e. The maximum atomic E-state index is 13.5. The van der Waals surface area contributed by atoms with E-state index in [0.29, 0.717) is 12.8 Å². The number of aliphatic hydroxyl groups is 5. The molecule has 0 aliphatic carbocycles. The monoisotopic (exact) mass is 1160 g/mol. The van der Waals surface area contributed by atoms with Crippen molar-refractivity contribution in [3.63, 3.8) is 0 Å². The van der Waals surface area contributed by atoms with Crippen LogP contribution in [0.25, 0.3) is 0 Å². The zero-order valence-corrected chi connectivity index (χ0v) is 52.3. The molecule has 0 aromatic heterocycles. The van der Waals surface area contributed by atoms with Crippen molar-refractivity contribution in [2.75, 3.05) is 13.2 Å². The topological polar surface area (TPSA) is 175 Å². The van der Waals surface area contributed by atoms with E-state index in [1.54, 1.807) is 6.08 Å². The Labute approximate surface area is 505 Å². The minimum atomic E-state index is -1.64. The van der Waals surface area contributed by atoms with Crippen molar-refractivity contribution in [3.05, 3.63) is 134 Å². The smallest absolute Gasteiger partial charge is 0.306 e. The number of ether oxygens (including phenoxy) is 3. The van der Waals surface area contributed by atoms with E-state index in [1.807, 2.05) is 6.08 Å². The summed E-state index contributed by atoms with van der Waals surface area (Å²) in [6.45, 7) is 5.61. The summed E-state index contributed by atoms with van der Waals surface area (Å²) in [6.07, 6.45) is 71.9. The van der Waals surface area contributed by atoms with Gasteiger partial charge in [-0.3, -0.25) is 9.59 Å². The van der Waals surface area contributed by atoms with Crippen molar-refractivity contribution in [2.45, 2.75) is 294 Å². The molecule has 472 valence electrons. The van der Waals surface area contributed by atoms with Gasteiger partial charge in [-0.15, -0.1) is 0 Å². The first-order valence-corrected chi connectivity index (χ1v) is 33.0. The van der Waals surface area contributed by atoms with E-state index in [-0.39, 0.29) is 19.4 Å². The number of aliphatic hydroxyl groups excluding tert-OH is 5. The van der Waals surface area contributed by atoms with Crippen molar-refractivity contribution in [1.29, 1.82) is 0 Å². The molecule has 6 N–H and O–H groups in total. The lowest BCUT2D eigenvalue weighted by atomic mass is 9.99. The predicted molar refractivity (Wildman–Crippen MR) is 347 cm³/mol. The molecule has 1 rings (SSSR count). The molecule has 0 saturated carbocycles. The standard InChI is InChI=1S/C72H119NO10/c1-4-7-10-13-16-19-22-25-27-29-31-32-33-35-36-38-41-44-47-50-53-56-59-65(76)71(80)73-63(64(75)58-55-52-49-46-43-40-24-21-18-15-12-9-6-3)62-81-72-70(69(79)68(78)66(61-74)82-72)83-67(77)60-57-54-51-48-45-42-39-37-34-30-28-26-23-20-17-14-11-8-5-2/h7,10,16-17,19-20,25-28,31-32,34-37,41-42,44-45,55,58,63-66,68-70,72,74-76,78-79H,4-6,8-9,11-15,18,21-24,29-30,33,38-40,43,46-54,56-57,59-62H2,1-3H3,(H,73,80)/b10-7-,19-16-,20-17-,27-25-,28-26-,32-31-,36-35-,37-34-,44-41-,45-42-,58-55+. The van der Waals surface area contributed by atoms with E-state index in [2.05, 4.69) is 148 Å². The Morgan fingerprint density at radius 3 is 1.33 bits per heavy atom. The molecular formula is C72H119NO10. The molecule has 0 spiro atoms. The Balaban J connectivity index is 2.72. The molecule has 83 heavy (non-hydrogen) atoms. The number of nitrogens with one attached hydrogen (secondary N) is 1. The van der Waals surface area contributed by atoms with Crippen LogP contribution in [0.2, 0.25) is 0 Å². The van der Waals surface area contributed by atoms with Gasteiger partial charge < -0.3 is 45.1 Å². The van der Waals surface area contributed by atoms with Gasteiger partial charge in [-0.25, -0.2) is 0 Å². The second kappa shape index (κ2) is 58.2. The van der Waals surface area contributed by atoms with Crippen molar-refractivity contribution in [3.8, 4) is 0 Å². The van der Waals surface area contributed by atoms with Gasteiger partial charge >= 0.3 is 5.97 Å². The first-order valence-electron chi connectivity index (χ1n) is 33.0. The normalized spacial score (nSPS) is 19.4. The van der Waals surface area contributed by atoms with Crippen molar-refractivity contribution in [1.82, 2.24) is 5.32 Å². The minimum Gasteiger partial charge on any atom is -0.454 e. The minimum absolute atomic E-state index is 0.0752. The molecule has 1 saturated heterocycles. The number of hydrogen-bond acceptors (Lipinski definition) is 10. The van der Waals surface area contributed by atoms with Gasteiger partial charge in [0, 0.05) is 6.42 Å². The van der Waals surface area contributed by atoms with Crippen LogP contribution < -0.4 is 5.32 Å². The van der Waals surface area contributed by atoms with Gasteiger partial charge in [-0.05, 0) is 122 Å². The Hall–Kier alpha value is -4.20. The number of rotatable bonds is 54. The maximum absolute atomic E-state index is 13.5. The first-order chi connectivity index (χ1) is 40.7. The highest BCUT2D eigenvalue weighted by molar-refractivity contribution is 5.80. The second-order valence-corrected chi connectivity index (χ2v) is 22.1. The maximum Gasteiger partial charge on any atom is 0.306 e. The van der Waals surface area contributed by atoms with E-state index < -0.39 is 67.4 Å². The Bertz CT molecular complexity index is 1860. The van der Waals surface area contributed by atoms with Gasteiger partial charge in [-0.2, -0.15) is 0 Å². The van der Waals surface area contributed by atoms with Crippen LogP contribution in [0.5, 0.6) is 0 Å². The van der Waals surface area contributed by atoms with Crippen LogP contribution in [0.4, 0.5) is 0 Å². The molecule has 8 atom stereocenters. The number of unbranched alkanes of at least 4 members (excludes halogenated alkanes) is 20. The van der Waals surface area contributed by atoms with Crippen LogP contribution in [0, 0.1) is 0 Å². The van der Waals surface area contributed by atoms with E-state index in [4.69, 9.17) is 14.2 Å². The number of hydrogen-bond donors (Lipinski definition) is 6. The third kappa shape index (κ3) is 45.8. The summed E-state index contributed by atoms with van der Waals surface area (Å²) >= 11 is 0. The van der Waals surface area contributed by atoms with E-state index in [0.717, 1.165) is 128 Å². The van der Waals surface area contributed by atoms with Crippen LogP contribution in [0.1, 0.15) is 245 Å². The Morgan fingerprint density at radius 1 is 0.482 bits per heavy atom. The summed E-state index contributed by atoms with van der Waals surface area (Å²) in [5.41, 5.74) is 0. The molecular weight excluding hydrogens is 1040 g/mol. The molecule has 0 bridgehead atoms. The van der Waals surface area contributed by atoms with Crippen LogP contribution >= 0.6 is 0 Å². The van der Waals surface area contributed by atoms with Crippen molar-refractivity contribution < 1.29 is 49.3 Å². The Kier molecular flexibility index (Phi) is 53.9. The lowest BCUT2D eigenvalue weighted by molar-refractivity contribution is -0.305. The molecule has 8 unspecified atom stereocenters. The number of carbonyl (C=O) groups is 2. The lowest BCUT2D eigenvalue weighted by Crippen LogP contribution is -2.61. The molecule has 0 aromatic carbocycles. The molecule has 0 radical (unpaired) electrons. The molecule has 1 aliphatic heterocycles. The fourth-order valence-electron chi connectivity index (χ4n) is 9.34. The number of amides is 1. The van der Waals surface area contributed by atoms with Gasteiger partial charge in [0.25, 0.3) is 0 Å². The SMILES string of the molecule is CC/C=C\C/C=C\C/C=C\C/C=C\C/C=C\C/C=C\CCCCCC(O)C(=O)NC(COC1OC(CO)C(O)C(O)C1OC(=O)CCCCC/C=C\C/C=C\C/C=C\C/C=C\CCCCC)C(O)/C=C/CCCCCCCCCCCCC. The molecule has 0 aromatic rings. The fourth-order valence-corrected chi connectivity index (χ4v) is 9.34. The fraction of sp³-hybridized carbons (Fsp3) is 0.667. The van der Waals surface area contributed by atoms with Crippen LogP contribution in [-0.4, -0.2) is 99.6 Å². The second-order valence-electron chi connectivity index (χ2n) is 22.1. The summed E-state index contributed by atoms with van der Waals surface area (Å²) in [7, 11) is 0. The van der Waals surface area contributed by atoms with E-state index in [1.165, 1.54) is 70.6 Å². The summed E-state index contributed by atoms with van der Waals surface area (Å²) in [6, 6.07) is -1.06. The summed E-state index contributed by atoms with van der Waals surface area (Å²) in [5, 5.41) is 57.1. The average Bonchev–Trinajstić information content (AvgIpc) is 3.54. The molecule has 11 nitrogen and oxygen atoms in total. The zero-order chi connectivity index (χ0) is 60.3. The van der Waals surface area contributed by atoms with Gasteiger partial charge in [0.1, 0.15) is 24.4 Å². The number of esters is 1. The highest BCUT2D eigenvalue weighted by Gasteiger charge is 2.47. The summed E-state index contributed by atoms with van der Waals surface area (Å²) in [4.78, 5) is 26.6. The summed E-state index contributed by atoms with van der Waals surface area (Å²) < 4.78 is 17.6. The van der Waals surface area contributed by atoms with Gasteiger partial charge in [0.05, 0.1) is 25.4 Å². The highest BCUT2D eigenvalue weighted by atomic mass is 16.7. The molecule has 1 heterocycles. The number of allylic oxidation sites excluding steroid dienone is 21. The van der Waals surface area contributed by atoms with Gasteiger partial charge in [-0.1, -0.05) is 251 Å². The number of carbonyl (C=O) groups excluding carboxylic acids is 2. The van der Waals surface area contributed by atoms with Crippen LogP contribution in [-0.2, 0) is 23.8 Å². The van der Waals surface area contributed by atoms with Gasteiger partial charge in [0.15, 0.2) is 12.4 Å². The predicted octanol–water partition coefficient (Wildman–Crippen LogP) is 16.4. The quantitative estimate of drug-likeness (QED) is 0.0195. The summed E-state index contributed by atoms with van der Waals surface area (Å²) in [5.74, 6) is -1.26. The van der Waals surface area contributed by atoms with Crippen LogP contribution in [0.3, 0.4) is 0 Å². The van der Waals surface area contributed by atoms with Gasteiger partial charge in [0.2, 0.25) is 5.91 Å². The average molecular weight is 1160 g/mol. The van der Waals surface area contributed by atoms with Crippen LogP contribution in [0.15, 0.2) is 134 Å². The van der Waals surface area contributed by atoms with Crippen molar-refractivity contribution >= 4 is 11.9 Å². The highest BCUT2D eigenvalue weighted by Crippen LogP contribution is 2.26. The van der Waals surface area contributed by atoms with Crippen molar-refractivity contribution in [2.24, 2.45) is 0 Å². The third-order valence-corrected chi connectivity index (χ3v) is 14.5. The Morgan fingerprint density at radius 2 is 0.867 bits per heavy atom. The van der Waals surface area contributed by atoms with E-state index >= 15 is 0 Å². The third-order valence-electron chi connectivity index (χ3n) is 14.5. The molecule has 1 amide bonds. The molecule has 11 heteroatoms. The first kappa shape index (κ1) is 76.8. The lowest BCUT2D eigenvalue weighted by Gasteiger charge is -2.41. The molecule has 1 aliphatic rings.